The number of nitrogens with two attached hydrogens (primary N) is 1. The number of anilines is 3. The normalized spacial score (nSPS) is 10.3. The Bertz CT molecular complexity index is 945. The molecule has 0 saturated heterocycles. The summed E-state index contributed by atoms with van der Waals surface area (Å²) < 4.78 is 11.1. The second-order valence-corrected chi connectivity index (χ2v) is 6.14. The summed E-state index contributed by atoms with van der Waals surface area (Å²) in [6, 6.07) is 19.6. The zero-order chi connectivity index (χ0) is 19.2. The molecule has 0 atom stereocenters. The van der Waals surface area contributed by atoms with E-state index in [2.05, 4.69) is 5.32 Å². The number of para-hydroxylation sites is 1. The van der Waals surface area contributed by atoms with Crippen LogP contribution in [0.1, 0.15) is 17.3 Å². The fourth-order valence-corrected chi connectivity index (χ4v) is 2.67. The minimum absolute atomic E-state index is 0.270. The first-order valence-electron chi connectivity index (χ1n) is 8.43. The molecule has 6 heteroatoms. The van der Waals surface area contributed by atoms with Gasteiger partial charge >= 0.3 is 5.97 Å². The van der Waals surface area contributed by atoms with Crippen molar-refractivity contribution in [2.24, 2.45) is 0 Å². The first-order chi connectivity index (χ1) is 13.1. The maximum absolute atomic E-state index is 12.3. The second-order valence-electron chi connectivity index (χ2n) is 5.71. The number of hydrogen-bond donors (Lipinski definition) is 2. The molecular formula is C21H19ClN2O3. The standard InChI is InChI=1S/C21H19ClN2O3/c1-2-26-21(25)17-13-15(23)9-10-18(17)24-19-12-14(22)8-11-20(19)27-16-6-4-3-5-7-16/h3-13,24H,2,23H2,1H3. The smallest absolute Gasteiger partial charge is 0.340 e. The summed E-state index contributed by atoms with van der Waals surface area (Å²) in [5.74, 6) is 0.794. The number of carbonyl (C=O) groups is 1. The van der Waals surface area contributed by atoms with E-state index >= 15 is 0 Å². The molecule has 0 aromatic heterocycles. The molecule has 0 saturated carbocycles. The lowest BCUT2D eigenvalue weighted by atomic mass is 10.1. The Hall–Kier alpha value is -3.18. The molecule has 0 aliphatic heterocycles. The summed E-state index contributed by atoms with van der Waals surface area (Å²) >= 11 is 6.16. The molecule has 3 rings (SSSR count). The number of benzene rings is 3. The molecule has 0 aliphatic carbocycles. The van der Waals surface area contributed by atoms with Crippen molar-refractivity contribution >= 4 is 34.6 Å². The summed E-state index contributed by atoms with van der Waals surface area (Å²) in [7, 11) is 0. The minimum atomic E-state index is -0.458. The first kappa shape index (κ1) is 18.6. The molecule has 5 nitrogen and oxygen atoms in total. The van der Waals surface area contributed by atoms with Gasteiger partial charge in [0.05, 0.1) is 23.5 Å². The highest BCUT2D eigenvalue weighted by Crippen LogP contribution is 2.35. The van der Waals surface area contributed by atoms with Gasteiger partial charge in [-0.1, -0.05) is 29.8 Å². The molecule has 3 aromatic carbocycles. The van der Waals surface area contributed by atoms with Crippen LogP contribution in [0.4, 0.5) is 17.1 Å². The SMILES string of the molecule is CCOC(=O)c1cc(N)ccc1Nc1cc(Cl)ccc1Oc1ccccc1. The Labute approximate surface area is 162 Å². The lowest BCUT2D eigenvalue weighted by Crippen LogP contribution is -2.09. The molecule has 0 heterocycles. The van der Waals surface area contributed by atoms with Crippen LogP contribution in [0.3, 0.4) is 0 Å². The van der Waals surface area contributed by atoms with Crippen molar-refractivity contribution in [3.05, 3.63) is 77.3 Å². The highest BCUT2D eigenvalue weighted by atomic mass is 35.5. The molecule has 0 fully saturated rings. The number of halogens is 1. The van der Waals surface area contributed by atoms with Crippen LogP contribution in [0.5, 0.6) is 11.5 Å². The number of nitrogen functional groups attached to an aromatic ring is 1. The van der Waals surface area contributed by atoms with Gasteiger partial charge in [-0.05, 0) is 55.5 Å². The summed E-state index contributed by atoms with van der Waals surface area (Å²) in [6.07, 6.45) is 0. The molecule has 0 amide bonds. The molecule has 3 aromatic rings. The lowest BCUT2D eigenvalue weighted by molar-refractivity contribution is 0.0527. The van der Waals surface area contributed by atoms with Gasteiger partial charge in [-0.3, -0.25) is 0 Å². The van der Waals surface area contributed by atoms with E-state index in [1.165, 1.54) is 0 Å². The van der Waals surface area contributed by atoms with Crippen molar-refractivity contribution in [3.63, 3.8) is 0 Å². The third-order valence-corrected chi connectivity index (χ3v) is 3.96. The van der Waals surface area contributed by atoms with E-state index in [1.54, 1.807) is 43.3 Å². The monoisotopic (exact) mass is 382 g/mol. The Morgan fingerprint density at radius 2 is 1.81 bits per heavy atom. The van der Waals surface area contributed by atoms with E-state index < -0.39 is 5.97 Å². The van der Waals surface area contributed by atoms with Gasteiger partial charge in [-0.15, -0.1) is 0 Å². The van der Waals surface area contributed by atoms with Crippen molar-refractivity contribution in [1.82, 2.24) is 0 Å². The van der Waals surface area contributed by atoms with Gasteiger partial charge in [0.2, 0.25) is 0 Å². The number of ether oxygens (including phenoxy) is 2. The van der Waals surface area contributed by atoms with Crippen molar-refractivity contribution in [2.45, 2.75) is 6.92 Å². The third kappa shape index (κ3) is 4.71. The molecular weight excluding hydrogens is 364 g/mol. The second kappa shape index (κ2) is 8.47. The van der Waals surface area contributed by atoms with Gasteiger partial charge in [-0.25, -0.2) is 4.79 Å². The van der Waals surface area contributed by atoms with Crippen LogP contribution in [-0.2, 0) is 4.74 Å². The Balaban J connectivity index is 1.96. The van der Waals surface area contributed by atoms with E-state index in [0.29, 0.717) is 39.1 Å². The number of nitrogens with one attached hydrogen (secondary N) is 1. The molecule has 0 bridgehead atoms. The number of hydrogen-bond acceptors (Lipinski definition) is 5. The Morgan fingerprint density at radius 1 is 1.04 bits per heavy atom. The van der Waals surface area contributed by atoms with Crippen molar-refractivity contribution in [2.75, 3.05) is 17.7 Å². The highest BCUT2D eigenvalue weighted by molar-refractivity contribution is 6.31. The van der Waals surface area contributed by atoms with Crippen molar-refractivity contribution in [3.8, 4) is 11.5 Å². The van der Waals surface area contributed by atoms with Crippen molar-refractivity contribution in [1.29, 1.82) is 0 Å². The average molecular weight is 383 g/mol. The fourth-order valence-electron chi connectivity index (χ4n) is 2.50. The maximum Gasteiger partial charge on any atom is 0.340 e. The highest BCUT2D eigenvalue weighted by Gasteiger charge is 2.15. The zero-order valence-corrected chi connectivity index (χ0v) is 15.5. The van der Waals surface area contributed by atoms with Crippen LogP contribution in [-0.4, -0.2) is 12.6 Å². The van der Waals surface area contributed by atoms with E-state index in [0.717, 1.165) is 0 Å². The van der Waals surface area contributed by atoms with Crippen LogP contribution in [0, 0.1) is 0 Å². The van der Waals surface area contributed by atoms with Crippen LogP contribution in [0.25, 0.3) is 0 Å². The van der Waals surface area contributed by atoms with E-state index in [1.807, 2.05) is 30.3 Å². The number of rotatable bonds is 6. The summed E-state index contributed by atoms with van der Waals surface area (Å²) in [5, 5.41) is 3.74. The van der Waals surface area contributed by atoms with Crippen LogP contribution < -0.4 is 15.8 Å². The Morgan fingerprint density at radius 3 is 2.56 bits per heavy atom. The fraction of sp³-hybridized carbons (Fsp3) is 0.0952. The summed E-state index contributed by atoms with van der Waals surface area (Å²) in [4.78, 5) is 12.3. The van der Waals surface area contributed by atoms with Crippen molar-refractivity contribution < 1.29 is 14.3 Å². The van der Waals surface area contributed by atoms with Crippen LogP contribution in [0.2, 0.25) is 5.02 Å². The van der Waals surface area contributed by atoms with Gasteiger partial charge in [-0.2, -0.15) is 0 Å². The maximum atomic E-state index is 12.3. The lowest BCUT2D eigenvalue weighted by Gasteiger charge is -2.16. The molecule has 0 aliphatic rings. The molecule has 0 radical (unpaired) electrons. The molecule has 0 unspecified atom stereocenters. The molecule has 27 heavy (non-hydrogen) atoms. The first-order valence-corrected chi connectivity index (χ1v) is 8.80. The van der Waals surface area contributed by atoms with E-state index in [4.69, 9.17) is 26.8 Å². The molecule has 0 spiro atoms. The predicted molar refractivity (Wildman–Crippen MR) is 108 cm³/mol. The summed E-state index contributed by atoms with van der Waals surface area (Å²) in [6.45, 7) is 2.02. The van der Waals surface area contributed by atoms with Crippen LogP contribution >= 0.6 is 11.6 Å². The third-order valence-electron chi connectivity index (χ3n) is 3.72. The quantitative estimate of drug-likeness (QED) is 0.426. The molecule has 138 valence electrons. The van der Waals surface area contributed by atoms with Gasteiger partial charge in [0.25, 0.3) is 0 Å². The van der Waals surface area contributed by atoms with Gasteiger partial charge < -0.3 is 20.5 Å². The van der Waals surface area contributed by atoms with Gasteiger partial charge in [0.15, 0.2) is 5.75 Å². The zero-order valence-electron chi connectivity index (χ0n) is 14.7. The van der Waals surface area contributed by atoms with Crippen LogP contribution in [0.15, 0.2) is 66.7 Å². The van der Waals surface area contributed by atoms with Gasteiger partial charge in [0.1, 0.15) is 5.75 Å². The van der Waals surface area contributed by atoms with Gasteiger partial charge in [0, 0.05) is 10.7 Å². The largest absolute Gasteiger partial charge is 0.462 e. The average Bonchev–Trinajstić information content (AvgIpc) is 2.66. The van der Waals surface area contributed by atoms with E-state index in [-0.39, 0.29) is 6.61 Å². The number of carbonyl (C=O) groups excluding carboxylic acids is 1. The van der Waals surface area contributed by atoms with E-state index in [9.17, 15) is 4.79 Å². The summed E-state index contributed by atoms with van der Waals surface area (Å²) in [5.41, 5.74) is 7.79. The molecule has 3 N–H and O–H groups in total. The minimum Gasteiger partial charge on any atom is -0.462 e. The Kier molecular flexibility index (Phi) is 5.84. The number of esters is 1. The topological polar surface area (TPSA) is 73.6 Å². The predicted octanol–water partition coefficient (Wildman–Crippen LogP) is 5.63.